The highest BCUT2D eigenvalue weighted by molar-refractivity contribution is 7.17. The second kappa shape index (κ2) is 10.4. The Bertz CT molecular complexity index is 1100. The molecule has 1 N–H and O–H groups in total. The normalized spacial score (nSPS) is 27.4. The topological polar surface area (TPSA) is 84.4 Å². The van der Waals surface area contributed by atoms with Crippen LogP contribution < -0.4 is 5.32 Å². The van der Waals surface area contributed by atoms with Crippen molar-refractivity contribution in [2.45, 2.75) is 62.6 Å². The van der Waals surface area contributed by atoms with Crippen molar-refractivity contribution >= 4 is 34.8 Å². The maximum Gasteiger partial charge on any atom is 0.262 e. The maximum atomic E-state index is 14.0. The summed E-state index contributed by atoms with van der Waals surface area (Å²) in [4.78, 5) is 39.3. The number of likely N-dealkylation sites (tertiary alicyclic amines) is 1. The van der Waals surface area contributed by atoms with Crippen molar-refractivity contribution in [1.29, 1.82) is 0 Å². The molecular formula is C26H31ClN4O3S. The molecule has 4 heterocycles. The van der Waals surface area contributed by atoms with Gasteiger partial charge in [0, 0.05) is 18.7 Å². The second-order valence-corrected chi connectivity index (χ2v) is 11.3. The van der Waals surface area contributed by atoms with Gasteiger partial charge in [-0.05, 0) is 43.9 Å². The number of carbonyl (C=O) groups is 2. The average molecular weight is 515 g/mol. The van der Waals surface area contributed by atoms with Gasteiger partial charge in [0.1, 0.15) is 11.9 Å². The van der Waals surface area contributed by atoms with Gasteiger partial charge in [0.15, 0.2) is 0 Å². The Kier molecular flexibility index (Phi) is 7.23. The van der Waals surface area contributed by atoms with Crippen molar-refractivity contribution in [2.24, 2.45) is 11.8 Å². The Labute approximate surface area is 214 Å². The minimum atomic E-state index is -0.580. The van der Waals surface area contributed by atoms with E-state index in [4.69, 9.17) is 16.3 Å². The number of carbonyl (C=O) groups excluding carboxylic acids is 2. The summed E-state index contributed by atoms with van der Waals surface area (Å²) < 4.78 is 5.91. The molecule has 2 aromatic rings. The molecule has 186 valence electrons. The lowest BCUT2D eigenvalue weighted by Gasteiger charge is -2.35. The zero-order valence-electron chi connectivity index (χ0n) is 19.9. The van der Waals surface area contributed by atoms with Gasteiger partial charge in [-0.1, -0.05) is 25.3 Å². The van der Waals surface area contributed by atoms with Gasteiger partial charge in [-0.3, -0.25) is 9.59 Å². The van der Waals surface area contributed by atoms with E-state index in [-0.39, 0.29) is 41.2 Å². The lowest BCUT2D eigenvalue weighted by Crippen LogP contribution is -2.55. The second-order valence-electron chi connectivity index (χ2n) is 9.70. The number of hydrogen-bond acceptors (Lipinski definition) is 6. The molecule has 5 rings (SSSR count). The number of alkyl halides is 1. The number of amides is 2. The first-order valence-corrected chi connectivity index (χ1v) is 13.6. The highest BCUT2D eigenvalue weighted by Crippen LogP contribution is 2.38. The number of nitrogens with zero attached hydrogens (tertiary/aromatic N) is 3. The average Bonchev–Trinajstić information content (AvgIpc) is 3.60. The van der Waals surface area contributed by atoms with Crippen molar-refractivity contribution in [1.82, 2.24) is 20.2 Å². The summed E-state index contributed by atoms with van der Waals surface area (Å²) in [5, 5.41) is 2.86. The molecule has 3 aliphatic rings. The van der Waals surface area contributed by atoms with E-state index in [1.165, 1.54) is 17.8 Å². The maximum absolute atomic E-state index is 14.0. The molecule has 9 heteroatoms. The molecule has 35 heavy (non-hydrogen) atoms. The summed E-state index contributed by atoms with van der Waals surface area (Å²) in [7, 11) is 0. The Balaban J connectivity index is 1.37. The first-order valence-electron chi connectivity index (χ1n) is 12.4. The molecule has 2 aromatic heterocycles. The van der Waals surface area contributed by atoms with Crippen LogP contribution >= 0.6 is 22.9 Å². The molecule has 1 saturated carbocycles. The van der Waals surface area contributed by atoms with Gasteiger partial charge < -0.3 is 15.0 Å². The summed E-state index contributed by atoms with van der Waals surface area (Å²) in [6, 6.07) is 4.82. The number of nitrogens with one attached hydrogen (secondary N) is 1. The number of halogens is 1. The standard InChI is InChI=1S/C26H31ClN4O3S/c1-3-16-14-34-24-18(27)13-31(23(16)24)26(33)22(17-7-5-4-6-8-17)30-25(32)21-10-9-20(35-21)19-11-12-28-15(2)29-19/h3,9-12,16-18,22-24H,1,4-8,13-14H2,2H3,(H,30,32). The van der Waals surface area contributed by atoms with E-state index in [1.807, 2.05) is 30.0 Å². The number of ether oxygens (including phenoxy) is 1. The third-order valence-electron chi connectivity index (χ3n) is 7.46. The molecule has 0 bridgehead atoms. The Morgan fingerprint density at radius 2 is 2.09 bits per heavy atom. The Hall–Kier alpha value is -2.29. The smallest absolute Gasteiger partial charge is 0.262 e. The third-order valence-corrected chi connectivity index (χ3v) is 8.95. The van der Waals surface area contributed by atoms with Gasteiger partial charge in [-0.25, -0.2) is 9.97 Å². The molecular weight excluding hydrogens is 484 g/mol. The molecule has 3 fully saturated rings. The van der Waals surface area contributed by atoms with Crippen LogP contribution in [0.4, 0.5) is 0 Å². The molecule has 2 saturated heterocycles. The third kappa shape index (κ3) is 4.88. The predicted octanol–water partition coefficient (Wildman–Crippen LogP) is 4.21. The number of fused-ring (bicyclic) bond motifs is 1. The summed E-state index contributed by atoms with van der Waals surface area (Å²) in [6.45, 7) is 6.72. The van der Waals surface area contributed by atoms with Crippen LogP contribution in [0.3, 0.4) is 0 Å². The fraction of sp³-hybridized carbons (Fsp3) is 0.538. The van der Waals surface area contributed by atoms with Gasteiger partial charge in [0.2, 0.25) is 5.91 Å². The Morgan fingerprint density at radius 3 is 2.83 bits per heavy atom. The lowest BCUT2D eigenvalue weighted by atomic mass is 9.83. The minimum Gasteiger partial charge on any atom is -0.374 e. The molecule has 2 aliphatic heterocycles. The van der Waals surface area contributed by atoms with Crippen LogP contribution in [0.2, 0.25) is 0 Å². The van der Waals surface area contributed by atoms with E-state index in [9.17, 15) is 9.59 Å². The number of hydrogen-bond donors (Lipinski definition) is 1. The van der Waals surface area contributed by atoms with Gasteiger partial charge >= 0.3 is 0 Å². The van der Waals surface area contributed by atoms with E-state index >= 15 is 0 Å². The number of thiophene rings is 1. The highest BCUT2D eigenvalue weighted by Gasteiger charge is 2.52. The predicted molar refractivity (Wildman–Crippen MR) is 136 cm³/mol. The molecule has 0 aromatic carbocycles. The molecule has 5 unspecified atom stereocenters. The van der Waals surface area contributed by atoms with Crippen molar-refractivity contribution in [3.8, 4) is 10.6 Å². The monoisotopic (exact) mass is 514 g/mol. The highest BCUT2D eigenvalue weighted by atomic mass is 35.5. The van der Waals surface area contributed by atoms with E-state index in [0.717, 1.165) is 36.3 Å². The first-order chi connectivity index (χ1) is 17.0. The molecule has 5 atom stereocenters. The van der Waals surface area contributed by atoms with E-state index < -0.39 is 6.04 Å². The number of aromatic nitrogens is 2. The van der Waals surface area contributed by atoms with E-state index in [1.54, 1.807) is 12.3 Å². The van der Waals surface area contributed by atoms with Gasteiger partial charge in [-0.15, -0.1) is 29.5 Å². The van der Waals surface area contributed by atoms with Gasteiger partial charge in [0.05, 0.1) is 39.6 Å². The Morgan fingerprint density at radius 1 is 1.29 bits per heavy atom. The van der Waals surface area contributed by atoms with Crippen molar-refractivity contribution < 1.29 is 14.3 Å². The fourth-order valence-corrected chi connectivity index (χ4v) is 6.93. The zero-order chi connectivity index (χ0) is 24.5. The summed E-state index contributed by atoms with van der Waals surface area (Å²) in [5.74, 6) is 0.564. The molecule has 0 spiro atoms. The number of aryl methyl sites for hydroxylation is 1. The summed E-state index contributed by atoms with van der Waals surface area (Å²) in [5.41, 5.74) is 0.787. The molecule has 2 amide bonds. The fourth-order valence-electron chi connectivity index (χ4n) is 5.68. The zero-order valence-corrected chi connectivity index (χ0v) is 21.4. The van der Waals surface area contributed by atoms with E-state index in [0.29, 0.717) is 23.9 Å². The SMILES string of the molecule is C=CC1COC2C(Cl)CN(C(=O)C(NC(=O)c3ccc(-c4ccnc(C)n4)s3)C3CCCCC3)C12. The quantitative estimate of drug-likeness (QED) is 0.461. The lowest BCUT2D eigenvalue weighted by molar-refractivity contribution is -0.136. The minimum absolute atomic E-state index is 0.0478. The van der Waals surface area contributed by atoms with Crippen LogP contribution in [0, 0.1) is 18.8 Å². The van der Waals surface area contributed by atoms with Gasteiger partial charge in [0.25, 0.3) is 5.91 Å². The van der Waals surface area contributed by atoms with Crippen LogP contribution in [0.5, 0.6) is 0 Å². The number of rotatable bonds is 6. The molecule has 0 radical (unpaired) electrons. The van der Waals surface area contributed by atoms with Crippen LogP contribution in [0.25, 0.3) is 10.6 Å². The van der Waals surface area contributed by atoms with Crippen molar-refractivity contribution in [3.63, 3.8) is 0 Å². The van der Waals surface area contributed by atoms with Crippen LogP contribution in [-0.2, 0) is 9.53 Å². The van der Waals surface area contributed by atoms with Crippen LogP contribution in [-0.4, -0.2) is 63.4 Å². The van der Waals surface area contributed by atoms with Crippen LogP contribution in [0.1, 0.15) is 47.6 Å². The summed E-state index contributed by atoms with van der Waals surface area (Å²) in [6.07, 6.45) is 8.55. The first kappa shape index (κ1) is 24.4. The van der Waals surface area contributed by atoms with Crippen molar-refractivity contribution in [2.75, 3.05) is 13.2 Å². The molecule has 7 nitrogen and oxygen atoms in total. The van der Waals surface area contributed by atoms with Gasteiger partial charge in [-0.2, -0.15) is 0 Å². The van der Waals surface area contributed by atoms with Crippen LogP contribution in [0.15, 0.2) is 37.1 Å². The van der Waals surface area contributed by atoms with E-state index in [2.05, 4.69) is 21.9 Å². The summed E-state index contributed by atoms with van der Waals surface area (Å²) >= 11 is 7.96. The molecule has 1 aliphatic carbocycles. The largest absolute Gasteiger partial charge is 0.374 e. The van der Waals surface area contributed by atoms with Crippen molar-refractivity contribution in [3.05, 3.63) is 47.8 Å².